The fourth-order valence-electron chi connectivity index (χ4n) is 15.3. The highest BCUT2D eigenvalue weighted by molar-refractivity contribution is 6.38. The molecule has 30 heteroatoms. The molecule has 7 N–H and O–H groups in total. The molecule has 2 aliphatic carbocycles. The number of hydrogen-bond acceptors (Lipinski definition) is 14. The van der Waals surface area contributed by atoms with Gasteiger partial charge in [0.15, 0.2) is 0 Å². The number of aromatic nitrogens is 4. The molecule has 0 saturated carbocycles. The lowest BCUT2D eigenvalue weighted by Crippen LogP contribution is -2.41. The fourth-order valence-corrected chi connectivity index (χ4v) is 17.8. The van der Waals surface area contributed by atoms with Crippen LogP contribution in [0.2, 0.25) is 40.2 Å². The number of aliphatic carboxylic acids is 1. The smallest absolute Gasteiger partial charge is 0.311 e. The second-order valence-corrected chi connectivity index (χ2v) is 33.0. The van der Waals surface area contributed by atoms with Crippen molar-refractivity contribution in [1.82, 2.24) is 30.6 Å². The zero-order valence-electron chi connectivity index (χ0n) is 63.3. The van der Waals surface area contributed by atoms with Crippen LogP contribution in [0, 0.1) is 46.9 Å². The van der Waals surface area contributed by atoms with Gasteiger partial charge in [0, 0.05) is 95.4 Å². The number of esters is 3. The number of rotatable bonds is 20. The number of aliphatic hydroxyl groups excluding tert-OH is 3. The van der Waals surface area contributed by atoms with E-state index in [2.05, 4.69) is 30.4 Å². The molecule has 1 unspecified atom stereocenters. The summed E-state index contributed by atoms with van der Waals surface area (Å²) in [7, 11) is 0. The second-order valence-electron chi connectivity index (χ2n) is 29.7. The number of likely N-dealkylation sites (tertiary alicyclic amines) is 1. The number of carboxylic acids is 1. The second kappa shape index (κ2) is 41.1. The highest BCUT2D eigenvalue weighted by Gasteiger charge is 2.40. The first-order chi connectivity index (χ1) is 56.6. The minimum Gasteiger partial charge on any atom is -0.481 e. The van der Waals surface area contributed by atoms with Crippen LogP contribution < -0.4 is 5.32 Å². The molecule has 6 heterocycles. The number of carbonyl (C=O) groups excluding carboxylic acids is 4. The normalized spacial score (nSPS) is 20.0. The van der Waals surface area contributed by atoms with E-state index in [1.807, 2.05) is 29.4 Å². The molecule has 9 atom stereocenters. The van der Waals surface area contributed by atoms with Crippen molar-refractivity contribution in [2.75, 3.05) is 26.3 Å². The van der Waals surface area contributed by atoms with Crippen LogP contribution in [0.15, 0.2) is 158 Å². The molecular formula is C88H82Cl8F4N6O12. The number of H-pyrrole nitrogens is 2. The molecule has 620 valence electrons. The Morgan fingerprint density at radius 1 is 0.483 bits per heavy atom. The van der Waals surface area contributed by atoms with E-state index in [-0.39, 0.29) is 91.2 Å². The number of benzene rings is 8. The maximum absolute atomic E-state index is 13.2. The maximum Gasteiger partial charge on any atom is 0.311 e. The van der Waals surface area contributed by atoms with Gasteiger partial charge >= 0.3 is 23.9 Å². The van der Waals surface area contributed by atoms with Crippen molar-refractivity contribution in [3.05, 3.63) is 266 Å². The number of fused-ring (bicyclic) bond motifs is 2. The monoisotopic (exact) mass is 1770 g/mol. The van der Waals surface area contributed by atoms with Crippen LogP contribution in [0.1, 0.15) is 96.1 Å². The Labute approximate surface area is 718 Å². The summed E-state index contributed by atoms with van der Waals surface area (Å²) in [5.74, 6) is -4.46. The van der Waals surface area contributed by atoms with Crippen LogP contribution in [0.5, 0.6) is 0 Å². The van der Waals surface area contributed by atoms with Crippen LogP contribution in [-0.4, -0.2) is 132 Å². The average Bonchev–Trinajstić information content (AvgIpc) is 1.71. The van der Waals surface area contributed by atoms with E-state index >= 15 is 0 Å². The number of aliphatic hydroxyl groups is 3. The van der Waals surface area contributed by atoms with Crippen LogP contribution in [-0.2, 0) is 89.5 Å². The molecule has 18 nitrogen and oxygen atoms in total. The number of nitrogens with zero attached hydrogens (tertiary/aromatic N) is 3. The third-order valence-electron chi connectivity index (χ3n) is 21.8. The first-order valence-corrected chi connectivity index (χ1v) is 41.4. The Morgan fingerprint density at radius 3 is 1.26 bits per heavy atom. The summed E-state index contributed by atoms with van der Waals surface area (Å²) in [5, 5.41) is 58.1. The topological polar surface area (TPSA) is 267 Å². The summed E-state index contributed by atoms with van der Waals surface area (Å²) in [6.07, 6.45) is 12.1. The number of cyclic esters (lactones) is 3. The molecule has 118 heavy (non-hydrogen) atoms. The SMILES string of the molecule is O=C(O)[C@@H](CCN[C@H]1CCc2[nH]ncc2C1)Cc1c(Cl)cc(-c2ccc(F)cc2)cc1Cl.O=C1CC[C@@H](CO)O1.O=C1OC(O)C[C@H]1Cc1c(Cl)cc(-c2ccc(F)cc2)cc1Cl.O=C1O[C@H](CO)C[C@H]1Cc1c(Cl)cc(-c2ccc(F)cc2)cc1Cl.O=C1[C@H](Cc2c(Cl)cc(-c3ccc(F)cc3)cc2Cl)CCN1[C@H]1CCc2[nH]ncc2C1. The number of halogens is 12. The molecule has 4 aliphatic heterocycles. The van der Waals surface area contributed by atoms with Crippen molar-refractivity contribution in [1.29, 1.82) is 0 Å². The molecule has 8 aromatic carbocycles. The summed E-state index contributed by atoms with van der Waals surface area (Å²) in [6.45, 7) is 1.14. The molecule has 10 aromatic rings. The first-order valence-electron chi connectivity index (χ1n) is 38.4. The van der Waals surface area contributed by atoms with Crippen LogP contribution in [0.25, 0.3) is 44.5 Å². The average molecular weight is 1780 g/mol. The molecule has 0 radical (unpaired) electrons. The van der Waals surface area contributed by atoms with E-state index in [0.717, 1.165) is 102 Å². The Morgan fingerprint density at radius 2 is 0.881 bits per heavy atom. The molecule has 0 spiro atoms. The number of aromatic amines is 2. The van der Waals surface area contributed by atoms with Crippen LogP contribution in [0.3, 0.4) is 0 Å². The molecule has 16 rings (SSSR count). The molecule has 0 bridgehead atoms. The van der Waals surface area contributed by atoms with E-state index in [1.54, 1.807) is 84.9 Å². The number of nitrogens with one attached hydrogen (secondary N) is 3. The zero-order chi connectivity index (χ0) is 84.0. The third-order valence-corrected chi connectivity index (χ3v) is 24.5. The van der Waals surface area contributed by atoms with Gasteiger partial charge in [-0.2, -0.15) is 10.2 Å². The van der Waals surface area contributed by atoms with Crippen molar-refractivity contribution < 1.29 is 76.2 Å². The lowest BCUT2D eigenvalue weighted by atomic mass is 9.92. The van der Waals surface area contributed by atoms with Gasteiger partial charge in [0.1, 0.15) is 35.5 Å². The van der Waals surface area contributed by atoms with Crippen LogP contribution >= 0.6 is 92.8 Å². The van der Waals surface area contributed by atoms with Gasteiger partial charge in [-0.1, -0.05) is 141 Å². The minimum absolute atomic E-state index is 0.0360. The highest BCUT2D eigenvalue weighted by atomic mass is 35.5. The summed E-state index contributed by atoms with van der Waals surface area (Å²) < 4.78 is 66.9. The first kappa shape index (κ1) is 88.7. The molecule has 4 saturated heterocycles. The molecule has 4 fully saturated rings. The van der Waals surface area contributed by atoms with Gasteiger partial charge in [0.05, 0.1) is 43.4 Å². The summed E-state index contributed by atoms with van der Waals surface area (Å²) >= 11 is 51.4. The predicted molar refractivity (Wildman–Crippen MR) is 446 cm³/mol. The number of hydrogen-bond donors (Lipinski definition) is 7. The Bertz CT molecular complexity index is 5130. The van der Waals surface area contributed by atoms with Crippen molar-refractivity contribution in [3.63, 3.8) is 0 Å². The fraction of sp³-hybridized carbons (Fsp3) is 0.330. The molecular weight excluding hydrogens is 1690 g/mol. The van der Waals surface area contributed by atoms with Gasteiger partial charge in [-0.05, 0) is 265 Å². The van der Waals surface area contributed by atoms with E-state index in [0.29, 0.717) is 114 Å². The number of carbonyl (C=O) groups is 5. The Kier molecular flexibility index (Phi) is 30.9. The van der Waals surface area contributed by atoms with Gasteiger partial charge in [-0.15, -0.1) is 0 Å². The summed E-state index contributed by atoms with van der Waals surface area (Å²) in [5.41, 5.74) is 13.9. The summed E-state index contributed by atoms with van der Waals surface area (Å²) in [6, 6.07) is 39.0. The number of amides is 1. The van der Waals surface area contributed by atoms with Gasteiger partial charge in [0.2, 0.25) is 12.2 Å². The summed E-state index contributed by atoms with van der Waals surface area (Å²) in [4.78, 5) is 60.9. The van der Waals surface area contributed by atoms with Gasteiger partial charge < -0.3 is 44.9 Å². The lowest BCUT2D eigenvalue weighted by molar-refractivity contribution is -0.155. The van der Waals surface area contributed by atoms with Crippen molar-refractivity contribution in [2.45, 2.75) is 133 Å². The number of ether oxygens (including phenoxy) is 3. The van der Waals surface area contributed by atoms with Crippen molar-refractivity contribution in [2.24, 2.45) is 23.7 Å². The predicted octanol–water partition coefficient (Wildman–Crippen LogP) is 18.9. The molecule has 6 aliphatic rings. The van der Waals surface area contributed by atoms with Gasteiger partial charge in [-0.3, -0.25) is 34.2 Å². The standard InChI is InChI=1S/C24H24Cl2FN3O2.C24H22Cl2FN3O.C18H15Cl2FO3.C17H13Cl2FO3.C5H8O3/c25-21-11-16(14-1-3-18(27)4-2-14)12-22(26)20(21)10-15(24(31)32)7-8-28-19-5-6-23-17(9-19)13-29-30-23;25-21-11-16(14-1-3-18(27)4-2-14)12-22(26)20(21)10-15-7-8-30(24(15)31)19-5-6-23-17(9-19)13-28-29-23;19-16-7-11(10-1-3-13(21)4-2-10)8-17(20)15(16)6-12-5-14(9-22)24-18(12)23;18-14-6-10(9-1-3-12(20)4-2-9)7-15(19)13(14)5-11-8-16(21)23-17(11)22;6-3-4-1-2-5(7)8-4/h1-4,11-13,15,19,28H,5-10H2,(H,29,30)(H,31,32);1-4,11-13,15,19H,5-10H2,(H,28,29);1-4,7-8,12,14,22H,5-6,9H2;1-4,6-7,11,16,21H,5,8H2;4,6H,1-3H2/t2*15-,19-;12-,14-;11-,16?;4-/m00010/s1. The number of aryl methyl sites for hydroxylation is 2. The van der Waals surface area contributed by atoms with E-state index < -0.39 is 36.2 Å². The largest absolute Gasteiger partial charge is 0.481 e. The van der Waals surface area contributed by atoms with Gasteiger partial charge in [0.25, 0.3) is 0 Å². The zero-order valence-corrected chi connectivity index (χ0v) is 69.3. The lowest BCUT2D eigenvalue weighted by Gasteiger charge is -2.31. The van der Waals surface area contributed by atoms with E-state index in [1.165, 1.54) is 71.0 Å². The van der Waals surface area contributed by atoms with Crippen molar-refractivity contribution >= 4 is 123 Å². The molecule has 2 aromatic heterocycles. The Balaban J connectivity index is 0.000000141. The minimum atomic E-state index is -1.07. The van der Waals surface area contributed by atoms with E-state index in [4.69, 9.17) is 112 Å². The number of carboxylic acid groups (broad SMARTS) is 1. The quantitative estimate of drug-likeness (QED) is 0.0212. The Hall–Kier alpha value is -8.59. The highest BCUT2D eigenvalue weighted by Crippen LogP contribution is 2.42. The maximum atomic E-state index is 13.2. The van der Waals surface area contributed by atoms with Crippen LogP contribution in [0.4, 0.5) is 17.6 Å². The van der Waals surface area contributed by atoms with Crippen molar-refractivity contribution in [3.8, 4) is 44.5 Å². The van der Waals surface area contributed by atoms with Gasteiger partial charge in [-0.25, -0.2) is 17.6 Å². The third kappa shape index (κ3) is 23.1. The van der Waals surface area contributed by atoms with E-state index in [9.17, 15) is 51.7 Å². The molecule has 1 amide bonds.